The molecule has 5 nitrogen and oxygen atoms in total. The number of sulfonamides is 1. The van der Waals surface area contributed by atoms with Crippen LogP contribution in [0.15, 0.2) is 53.7 Å². The molecule has 0 saturated heterocycles. The minimum Gasteiger partial charge on any atom is -0.435 e. The third-order valence-electron chi connectivity index (χ3n) is 2.86. The predicted molar refractivity (Wildman–Crippen MR) is 76.0 cm³/mol. The van der Waals surface area contributed by atoms with Crippen LogP contribution in [0.2, 0.25) is 0 Å². The Morgan fingerprint density at radius 3 is 2.64 bits per heavy atom. The van der Waals surface area contributed by atoms with Gasteiger partial charge in [-0.15, -0.1) is 0 Å². The van der Waals surface area contributed by atoms with Gasteiger partial charge in [0.25, 0.3) is 0 Å². The van der Waals surface area contributed by atoms with Crippen LogP contribution in [0, 0.1) is 0 Å². The first-order valence-electron chi connectivity index (χ1n) is 6.35. The average Bonchev–Trinajstić information content (AvgIpc) is 2.47. The first kappa shape index (κ1) is 16.3. The molecule has 0 amide bonds. The molecule has 1 heterocycles. The molecule has 0 saturated carbocycles. The summed E-state index contributed by atoms with van der Waals surface area (Å²) in [6.07, 6.45) is 2.69. The number of nitrogens with one attached hydrogen (secondary N) is 1. The second-order valence-electron chi connectivity index (χ2n) is 4.48. The number of alkyl halides is 2. The summed E-state index contributed by atoms with van der Waals surface area (Å²) in [7, 11) is -3.75. The summed E-state index contributed by atoms with van der Waals surface area (Å²) in [5, 5.41) is 0. The lowest BCUT2D eigenvalue weighted by Gasteiger charge is -2.15. The van der Waals surface area contributed by atoms with E-state index in [-0.39, 0.29) is 10.6 Å². The van der Waals surface area contributed by atoms with Crippen LogP contribution in [-0.2, 0) is 10.0 Å². The van der Waals surface area contributed by atoms with Gasteiger partial charge in [-0.3, -0.25) is 4.98 Å². The lowest BCUT2D eigenvalue weighted by Crippen LogP contribution is -2.27. The van der Waals surface area contributed by atoms with E-state index in [4.69, 9.17) is 0 Å². The Labute approximate surface area is 127 Å². The molecular weight excluding hydrogens is 314 g/mol. The highest BCUT2D eigenvalue weighted by Gasteiger charge is 2.19. The van der Waals surface area contributed by atoms with Crippen LogP contribution in [0.25, 0.3) is 0 Å². The number of hydrogen-bond acceptors (Lipinski definition) is 4. The highest BCUT2D eigenvalue weighted by Crippen LogP contribution is 2.22. The van der Waals surface area contributed by atoms with Crippen LogP contribution >= 0.6 is 0 Å². The predicted octanol–water partition coefficient (Wildman–Crippen LogP) is 2.72. The van der Waals surface area contributed by atoms with Gasteiger partial charge in [0.1, 0.15) is 10.6 Å². The molecule has 0 aliphatic heterocycles. The summed E-state index contributed by atoms with van der Waals surface area (Å²) >= 11 is 0. The summed E-state index contributed by atoms with van der Waals surface area (Å²) in [6.45, 7) is -1.33. The summed E-state index contributed by atoms with van der Waals surface area (Å²) in [5.74, 6) is -0.0278. The Morgan fingerprint density at radius 2 is 2.00 bits per heavy atom. The van der Waals surface area contributed by atoms with E-state index >= 15 is 0 Å². The number of rotatable bonds is 6. The highest BCUT2D eigenvalue weighted by atomic mass is 32.2. The van der Waals surface area contributed by atoms with Gasteiger partial charge in [-0.2, -0.15) is 8.78 Å². The lowest BCUT2D eigenvalue weighted by atomic mass is 10.1. The van der Waals surface area contributed by atoms with Gasteiger partial charge in [0.05, 0.1) is 0 Å². The normalized spacial score (nSPS) is 13.1. The molecule has 2 rings (SSSR count). The summed E-state index contributed by atoms with van der Waals surface area (Å²) in [5.41, 5.74) is 0.505. The molecule has 1 aromatic carbocycles. The van der Waals surface area contributed by atoms with E-state index in [1.54, 1.807) is 13.0 Å². The number of benzene rings is 1. The maximum absolute atomic E-state index is 12.2. The third kappa shape index (κ3) is 4.22. The molecule has 118 valence electrons. The largest absolute Gasteiger partial charge is 0.435 e. The van der Waals surface area contributed by atoms with Crippen molar-refractivity contribution in [3.05, 3.63) is 54.4 Å². The van der Waals surface area contributed by atoms with Gasteiger partial charge in [0.2, 0.25) is 10.0 Å². The number of ether oxygens (including phenoxy) is 1. The smallest absolute Gasteiger partial charge is 0.387 e. The second-order valence-corrected chi connectivity index (χ2v) is 6.20. The zero-order valence-corrected chi connectivity index (χ0v) is 12.4. The van der Waals surface area contributed by atoms with E-state index in [1.165, 1.54) is 42.7 Å². The first-order valence-corrected chi connectivity index (χ1v) is 7.84. The van der Waals surface area contributed by atoms with Crippen molar-refractivity contribution in [3.63, 3.8) is 0 Å². The van der Waals surface area contributed by atoms with Crippen molar-refractivity contribution >= 4 is 10.0 Å². The highest BCUT2D eigenvalue weighted by molar-refractivity contribution is 7.89. The first-order chi connectivity index (χ1) is 10.4. The van der Waals surface area contributed by atoms with Gasteiger partial charge in [0.15, 0.2) is 0 Å². The van der Waals surface area contributed by atoms with Crippen molar-refractivity contribution in [3.8, 4) is 5.75 Å². The summed E-state index contributed by atoms with van der Waals surface area (Å²) in [4.78, 5) is 3.78. The molecule has 0 bridgehead atoms. The van der Waals surface area contributed by atoms with Crippen molar-refractivity contribution in [2.45, 2.75) is 24.5 Å². The fourth-order valence-electron chi connectivity index (χ4n) is 1.83. The fraction of sp³-hybridized carbons (Fsp3) is 0.214. The van der Waals surface area contributed by atoms with Gasteiger partial charge in [-0.1, -0.05) is 12.1 Å². The van der Waals surface area contributed by atoms with Gasteiger partial charge >= 0.3 is 6.61 Å². The number of aromatic nitrogens is 1. The average molecular weight is 328 g/mol. The molecule has 0 radical (unpaired) electrons. The van der Waals surface area contributed by atoms with Crippen molar-refractivity contribution in [2.24, 2.45) is 0 Å². The van der Waals surface area contributed by atoms with E-state index in [0.29, 0.717) is 5.56 Å². The molecule has 2 aromatic rings. The van der Waals surface area contributed by atoms with Gasteiger partial charge < -0.3 is 4.74 Å². The van der Waals surface area contributed by atoms with E-state index < -0.39 is 22.7 Å². The topological polar surface area (TPSA) is 68.3 Å². The third-order valence-corrected chi connectivity index (χ3v) is 4.39. The molecule has 0 aliphatic carbocycles. The molecule has 1 N–H and O–H groups in total. The monoisotopic (exact) mass is 328 g/mol. The van der Waals surface area contributed by atoms with Crippen LogP contribution < -0.4 is 9.46 Å². The van der Waals surface area contributed by atoms with Crippen LogP contribution in [0.4, 0.5) is 8.78 Å². The van der Waals surface area contributed by atoms with Gasteiger partial charge in [0, 0.05) is 18.4 Å². The summed E-state index contributed by atoms with van der Waals surface area (Å²) in [6, 6.07) is 8.18. The molecule has 1 aromatic heterocycles. The molecule has 0 spiro atoms. The Morgan fingerprint density at radius 1 is 1.23 bits per heavy atom. The van der Waals surface area contributed by atoms with Crippen molar-refractivity contribution in [2.75, 3.05) is 0 Å². The quantitative estimate of drug-likeness (QED) is 0.885. The Balaban J connectivity index is 2.17. The molecule has 1 unspecified atom stereocenters. The SMILES string of the molecule is CC(NS(=O)(=O)c1cccnc1)c1cccc(OC(F)F)c1. The lowest BCUT2D eigenvalue weighted by molar-refractivity contribution is -0.0499. The second kappa shape index (κ2) is 6.80. The minimum absolute atomic E-state index is 0.0278. The molecule has 0 aliphatic rings. The molecular formula is C14H14F2N2O3S. The molecule has 0 fully saturated rings. The Hall–Kier alpha value is -2.06. The van der Waals surface area contributed by atoms with E-state index in [0.717, 1.165) is 0 Å². The van der Waals surface area contributed by atoms with Crippen LogP contribution in [0.5, 0.6) is 5.75 Å². The number of pyridine rings is 1. The number of nitrogens with zero attached hydrogens (tertiary/aromatic N) is 1. The van der Waals surface area contributed by atoms with Crippen LogP contribution in [0.1, 0.15) is 18.5 Å². The molecule has 1 atom stereocenters. The summed E-state index contributed by atoms with van der Waals surface area (Å²) < 4.78 is 55.5. The standard InChI is InChI=1S/C14H14F2N2O3S/c1-10(11-4-2-5-12(8-11)21-14(15)16)18-22(19,20)13-6-3-7-17-9-13/h2-10,14,18H,1H3. The van der Waals surface area contributed by atoms with Gasteiger partial charge in [-0.05, 0) is 36.8 Å². The van der Waals surface area contributed by atoms with Crippen LogP contribution in [-0.4, -0.2) is 20.0 Å². The van der Waals surface area contributed by atoms with E-state index in [2.05, 4.69) is 14.4 Å². The Kier molecular flexibility index (Phi) is 5.04. The fourth-order valence-corrected chi connectivity index (χ4v) is 3.03. The van der Waals surface area contributed by atoms with Crippen LogP contribution in [0.3, 0.4) is 0 Å². The zero-order valence-electron chi connectivity index (χ0n) is 11.6. The number of halogens is 2. The van der Waals surface area contributed by atoms with Crippen molar-refractivity contribution in [1.82, 2.24) is 9.71 Å². The number of hydrogen-bond donors (Lipinski definition) is 1. The van der Waals surface area contributed by atoms with E-state index in [9.17, 15) is 17.2 Å². The maximum Gasteiger partial charge on any atom is 0.387 e. The van der Waals surface area contributed by atoms with E-state index in [1.807, 2.05) is 0 Å². The zero-order chi connectivity index (χ0) is 16.2. The molecule has 22 heavy (non-hydrogen) atoms. The van der Waals surface area contributed by atoms with Gasteiger partial charge in [-0.25, -0.2) is 13.1 Å². The van der Waals surface area contributed by atoms with Crippen molar-refractivity contribution < 1.29 is 21.9 Å². The van der Waals surface area contributed by atoms with Crippen molar-refractivity contribution in [1.29, 1.82) is 0 Å². The minimum atomic E-state index is -3.75. The molecule has 8 heteroatoms. The Bertz CT molecular complexity index is 724. The maximum atomic E-state index is 12.2.